The number of carbonyl (C=O) groups is 1. The first kappa shape index (κ1) is 17.7. The fourth-order valence-corrected chi connectivity index (χ4v) is 2.70. The average molecular weight is 355 g/mol. The molecule has 0 bridgehead atoms. The number of methoxy groups -OCH3 is 2. The normalized spacial score (nSPS) is 16.7. The first-order chi connectivity index (χ1) is 12.7. The fourth-order valence-electron chi connectivity index (χ4n) is 2.70. The molecule has 26 heavy (non-hydrogen) atoms. The van der Waals surface area contributed by atoms with Crippen molar-refractivity contribution >= 4 is 12.0 Å². The Kier molecular flexibility index (Phi) is 5.68. The molecule has 1 aromatic carbocycles. The zero-order valence-electron chi connectivity index (χ0n) is 14.8. The molecule has 7 nitrogen and oxygen atoms in total. The molecule has 7 heteroatoms. The molecule has 0 spiro atoms. The largest absolute Gasteiger partial charge is 0.497 e. The molecule has 1 unspecified atom stereocenters. The molecule has 2 heterocycles. The first-order valence-corrected chi connectivity index (χ1v) is 8.32. The van der Waals surface area contributed by atoms with Gasteiger partial charge in [0.1, 0.15) is 11.9 Å². The summed E-state index contributed by atoms with van der Waals surface area (Å²) in [5, 5.41) is 0. The Hall–Kier alpha value is -3.09. The van der Waals surface area contributed by atoms with Crippen molar-refractivity contribution in [1.82, 2.24) is 14.9 Å². The van der Waals surface area contributed by atoms with Gasteiger partial charge in [-0.2, -0.15) is 0 Å². The standard InChI is InChI=1S/C19H21N3O4/c1-24-15-6-3-14(4-7-15)5-8-17(23)22-12-9-16(13-22)26-19-18(25-2)20-10-11-21-19/h3-8,10-11,16H,9,12-13H2,1-2H3/b8-5+. The average Bonchev–Trinajstić information content (AvgIpc) is 3.15. The lowest BCUT2D eigenvalue weighted by atomic mass is 10.2. The third-order valence-corrected chi connectivity index (χ3v) is 4.10. The van der Waals surface area contributed by atoms with Crippen LogP contribution in [0.3, 0.4) is 0 Å². The summed E-state index contributed by atoms with van der Waals surface area (Å²) >= 11 is 0. The smallest absolute Gasteiger partial charge is 0.278 e. The number of ether oxygens (including phenoxy) is 3. The summed E-state index contributed by atoms with van der Waals surface area (Å²) in [6.07, 6.45) is 7.07. The van der Waals surface area contributed by atoms with Gasteiger partial charge in [-0.25, -0.2) is 9.97 Å². The molecule has 2 aromatic rings. The van der Waals surface area contributed by atoms with Gasteiger partial charge in [-0.05, 0) is 23.8 Å². The van der Waals surface area contributed by atoms with Crippen LogP contribution >= 0.6 is 0 Å². The summed E-state index contributed by atoms with van der Waals surface area (Å²) in [6, 6.07) is 7.52. The number of amides is 1. The molecule has 0 radical (unpaired) electrons. The van der Waals surface area contributed by atoms with E-state index in [0.29, 0.717) is 24.8 Å². The van der Waals surface area contributed by atoms with E-state index < -0.39 is 0 Å². The monoisotopic (exact) mass is 355 g/mol. The second kappa shape index (κ2) is 8.33. The van der Waals surface area contributed by atoms with Crippen LogP contribution in [-0.2, 0) is 4.79 Å². The Labute approximate surface area is 152 Å². The number of hydrogen-bond acceptors (Lipinski definition) is 6. The molecule has 0 N–H and O–H groups in total. The Bertz CT molecular complexity index is 777. The highest BCUT2D eigenvalue weighted by Crippen LogP contribution is 2.24. The van der Waals surface area contributed by atoms with Gasteiger partial charge in [0.05, 0.1) is 20.8 Å². The van der Waals surface area contributed by atoms with Crippen LogP contribution in [0, 0.1) is 0 Å². The van der Waals surface area contributed by atoms with E-state index in [1.807, 2.05) is 24.3 Å². The highest BCUT2D eigenvalue weighted by molar-refractivity contribution is 5.92. The maximum Gasteiger partial charge on any atom is 0.278 e. The van der Waals surface area contributed by atoms with Gasteiger partial charge in [0, 0.05) is 31.4 Å². The second-order valence-electron chi connectivity index (χ2n) is 5.79. The van der Waals surface area contributed by atoms with Gasteiger partial charge in [-0.3, -0.25) is 4.79 Å². The molecule has 0 aliphatic carbocycles. The van der Waals surface area contributed by atoms with Crippen molar-refractivity contribution in [3.63, 3.8) is 0 Å². The third kappa shape index (κ3) is 4.30. The van der Waals surface area contributed by atoms with E-state index >= 15 is 0 Å². The molecule has 1 fully saturated rings. The molecule has 1 amide bonds. The summed E-state index contributed by atoms with van der Waals surface area (Å²) in [7, 11) is 3.14. The van der Waals surface area contributed by atoms with E-state index in [1.165, 1.54) is 7.11 Å². The number of benzene rings is 1. The molecule has 1 aromatic heterocycles. The maximum atomic E-state index is 12.4. The van der Waals surface area contributed by atoms with E-state index in [-0.39, 0.29) is 12.0 Å². The lowest BCUT2D eigenvalue weighted by Gasteiger charge is -2.16. The Morgan fingerprint density at radius 2 is 1.85 bits per heavy atom. The predicted molar refractivity (Wildman–Crippen MR) is 96.2 cm³/mol. The Balaban J connectivity index is 1.55. The molecule has 1 aliphatic rings. The van der Waals surface area contributed by atoms with E-state index in [1.54, 1.807) is 36.6 Å². The van der Waals surface area contributed by atoms with Gasteiger partial charge < -0.3 is 19.1 Å². The second-order valence-corrected chi connectivity index (χ2v) is 5.79. The lowest BCUT2D eigenvalue weighted by molar-refractivity contribution is -0.125. The maximum absolute atomic E-state index is 12.4. The van der Waals surface area contributed by atoms with Crippen LogP contribution in [0.5, 0.6) is 17.5 Å². The van der Waals surface area contributed by atoms with E-state index in [2.05, 4.69) is 9.97 Å². The van der Waals surface area contributed by atoms with Crippen LogP contribution < -0.4 is 14.2 Å². The first-order valence-electron chi connectivity index (χ1n) is 8.32. The quantitative estimate of drug-likeness (QED) is 0.740. The Morgan fingerprint density at radius 3 is 2.54 bits per heavy atom. The van der Waals surface area contributed by atoms with Crippen molar-refractivity contribution in [2.45, 2.75) is 12.5 Å². The van der Waals surface area contributed by atoms with Gasteiger partial charge in [0.25, 0.3) is 11.8 Å². The molecular weight excluding hydrogens is 334 g/mol. The fraction of sp³-hybridized carbons (Fsp3) is 0.316. The van der Waals surface area contributed by atoms with Crippen LogP contribution in [0.1, 0.15) is 12.0 Å². The topological polar surface area (TPSA) is 73.8 Å². The third-order valence-electron chi connectivity index (χ3n) is 4.10. The van der Waals surface area contributed by atoms with E-state index in [4.69, 9.17) is 14.2 Å². The van der Waals surface area contributed by atoms with Crippen LogP contribution in [0.25, 0.3) is 6.08 Å². The summed E-state index contributed by atoms with van der Waals surface area (Å²) in [5.41, 5.74) is 0.940. The summed E-state index contributed by atoms with van der Waals surface area (Å²) < 4.78 is 16.1. The zero-order valence-corrected chi connectivity index (χ0v) is 14.8. The minimum Gasteiger partial charge on any atom is -0.497 e. The van der Waals surface area contributed by atoms with E-state index in [9.17, 15) is 4.79 Å². The number of likely N-dealkylation sites (tertiary alicyclic amines) is 1. The highest BCUT2D eigenvalue weighted by atomic mass is 16.5. The SMILES string of the molecule is COc1ccc(/C=C/C(=O)N2CCC(Oc3nccnc3OC)C2)cc1. The molecular formula is C19H21N3O4. The lowest BCUT2D eigenvalue weighted by Crippen LogP contribution is -2.29. The van der Waals surface area contributed by atoms with Crippen LogP contribution in [0.4, 0.5) is 0 Å². The molecule has 3 rings (SSSR count). The van der Waals surface area contributed by atoms with Crippen LogP contribution in [0.2, 0.25) is 0 Å². The van der Waals surface area contributed by atoms with Crippen molar-refractivity contribution in [2.75, 3.05) is 27.3 Å². The number of nitrogens with zero attached hydrogens (tertiary/aromatic N) is 3. The molecule has 136 valence electrons. The number of aromatic nitrogens is 2. The molecule has 0 saturated carbocycles. The van der Waals surface area contributed by atoms with Crippen LogP contribution in [-0.4, -0.2) is 54.2 Å². The van der Waals surface area contributed by atoms with Crippen molar-refractivity contribution < 1.29 is 19.0 Å². The summed E-state index contributed by atoms with van der Waals surface area (Å²) in [5.74, 6) is 1.44. The van der Waals surface area contributed by atoms with Crippen molar-refractivity contribution in [3.05, 3.63) is 48.3 Å². The van der Waals surface area contributed by atoms with Gasteiger partial charge in [0.15, 0.2) is 0 Å². The zero-order chi connectivity index (χ0) is 18.4. The van der Waals surface area contributed by atoms with Crippen LogP contribution in [0.15, 0.2) is 42.7 Å². The van der Waals surface area contributed by atoms with Crippen molar-refractivity contribution in [2.24, 2.45) is 0 Å². The highest BCUT2D eigenvalue weighted by Gasteiger charge is 2.27. The molecule has 1 aliphatic heterocycles. The summed E-state index contributed by atoms with van der Waals surface area (Å²) in [4.78, 5) is 22.3. The summed E-state index contributed by atoms with van der Waals surface area (Å²) in [6.45, 7) is 1.14. The van der Waals surface area contributed by atoms with E-state index in [0.717, 1.165) is 17.7 Å². The number of carbonyl (C=O) groups excluding carboxylic acids is 1. The molecule has 1 saturated heterocycles. The predicted octanol–water partition coefficient (Wildman–Crippen LogP) is 2.19. The van der Waals surface area contributed by atoms with Crippen molar-refractivity contribution in [1.29, 1.82) is 0 Å². The molecule has 1 atom stereocenters. The Morgan fingerprint density at radius 1 is 1.12 bits per heavy atom. The number of rotatable bonds is 6. The number of hydrogen-bond donors (Lipinski definition) is 0. The minimum atomic E-state index is -0.126. The van der Waals surface area contributed by atoms with Crippen molar-refractivity contribution in [3.8, 4) is 17.5 Å². The van der Waals surface area contributed by atoms with Gasteiger partial charge in [0.2, 0.25) is 5.91 Å². The minimum absolute atomic E-state index is 0.0435. The van der Waals surface area contributed by atoms with Gasteiger partial charge in [-0.1, -0.05) is 12.1 Å². The van der Waals surface area contributed by atoms with Gasteiger partial charge >= 0.3 is 0 Å². The van der Waals surface area contributed by atoms with Gasteiger partial charge in [-0.15, -0.1) is 0 Å².